The average molecular weight is 157 g/mol. The van der Waals surface area contributed by atoms with E-state index in [4.69, 9.17) is 16.0 Å². The summed E-state index contributed by atoms with van der Waals surface area (Å²) in [5.41, 5.74) is 1.16. The molecule has 3 heteroatoms. The molecule has 0 N–H and O–H groups in total. The molecule has 0 bridgehead atoms. The summed E-state index contributed by atoms with van der Waals surface area (Å²) in [6.07, 6.45) is 2.68. The van der Waals surface area contributed by atoms with E-state index in [9.17, 15) is 4.79 Å². The Balaban J connectivity index is 2.78. The first-order chi connectivity index (χ1) is 4.84. The van der Waals surface area contributed by atoms with Gasteiger partial charge in [0.25, 0.3) is 0 Å². The van der Waals surface area contributed by atoms with Crippen LogP contribution in [0.25, 0.3) is 0 Å². The van der Waals surface area contributed by atoms with Crippen molar-refractivity contribution in [3.63, 3.8) is 0 Å². The first kappa shape index (κ1) is 7.09. The highest BCUT2D eigenvalue weighted by molar-refractivity contribution is 6.27. The second kappa shape index (κ2) is 3.22. The van der Waals surface area contributed by atoms with E-state index < -0.39 is 0 Å². The van der Waals surface area contributed by atoms with Gasteiger partial charge in [0.15, 0.2) is 5.76 Å². The molecule has 0 amide bonds. The maximum Gasteiger partial charge on any atom is 0.221 e. The summed E-state index contributed by atoms with van der Waals surface area (Å²) in [5.74, 6) is 0.0805. The van der Waals surface area contributed by atoms with Crippen molar-refractivity contribution >= 4 is 17.4 Å². The molecule has 0 aliphatic rings. The van der Waals surface area contributed by atoms with Crippen LogP contribution in [0.15, 0.2) is 34.4 Å². The predicted octanol–water partition coefficient (Wildman–Crippen LogP) is 2.21. The number of hydrogen-bond acceptors (Lipinski definition) is 2. The predicted molar refractivity (Wildman–Crippen MR) is 38.0 cm³/mol. The molecule has 0 unspecified atom stereocenters. The lowest BCUT2D eigenvalue weighted by Crippen LogP contribution is -1.88. The number of furan rings is 1. The Kier molecular flexibility index (Phi) is 2.29. The molecule has 1 rings (SSSR count). The third-order valence-corrected chi connectivity index (χ3v) is 1.10. The molecule has 0 saturated heterocycles. The quantitative estimate of drug-likeness (QED) is 0.486. The van der Waals surface area contributed by atoms with Crippen LogP contribution in [0, 0.1) is 0 Å². The largest absolute Gasteiger partial charge is 0.461 e. The average Bonchev–Trinajstić information content (AvgIpc) is 2.38. The van der Waals surface area contributed by atoms with E-state index in [-0.39, 0.29) is 5.78 Å². The van der Waals surface area contributed by atoms with Gasteiger partial charge in [0.05, 0.1) is 6.26 Å². The van der Waals surface area contributed by atoms with Crippen molar-refractivity contribution in [3.8, 4) is 0 Å². The molecule has 1 aromatic rings. The van der Waals surface area contributed by atoms with Gasteiger partial charge in [-0.1, -0.05) is 11.6 Å². The molecule has 0 aliphatic heterocycles. The van der Waals surface area contributed by atoms with Gasteiger partial charge in [-0.3, -0.25) is 4.79 Å². The van der Waals surface area contributed by atoms with E-state index in [1.165, 1.54) is 12.3 Å². The van der Waals surface area contributed by atoms with Crippen molar-refractivity contribution in [1.82, 2.24) is 0 Å². The molecule has 1 heterocycles. The minimum Gasteiger partial charge on any atom is -0.461 e. The van der Waals surface area contributed by atoms with Gasteiger partial charge in [0, 0.05) is 11.6 Å². The third kappa shape index (κ3) is 1.48. The van der Waals surface area contributed by atoms with Crippen LogP contribution < -0.4 is 0 Å². The van der Waals surface area contributed by atoms with Crippen molar-refractivity contribution in [2.75, 3.05) is 0 Å². The van der Waals surface area contributed by atoms with Crippen molar-refractivity contribution < 1.29 is 9.21 Å². The van der Waals surface area contributed by atoms with Crippen molar-refractivity contribution in [2.45, 2.75) is 0 Å². The van der Waals surface area contributed by atoms with Crippen LogP contribution >= 0.6 is 11.6 Å². The summed E-state index contributed by atoms with van der Waals surface area (Å²) >= 11 is 5.17. The maximum atomic E-state index is 10.8. The molecule has 2 nitrogen and oxygen atoms in total. The number of halogens is 1. The fourth-order valence-corrected chi connectivity index (χ4v) is 0.673. The fourth-order valence-electron chi connectivity index (χ4n) is 0.558. The molecule has 0 spiro atoms. The van der Waals surface area contributed by atoms with Crippen LogP contribution in [-0.4, -0.2) is 5.78 Å². The highest BCUT2D eigenvalue weighted by Crippen LogP contribution is 2.01. The summed E-state index contributed by atoms with van der Waals surface area (Å²) in [6, 6.07) is 3.23. The fraction of sp³-hybridized carbons (Fsp3) is 0. The molecule has 0 aromatic carbocycles. The Morgan fingerprint density at radius 2 is 2.50 bits per heavy atom. The molecule has 0 aliphatic carbocycles. The maximum absolute atomic E-state index is 10.8. The van der Waals surface area contributed by atoms with E-state index >= 15 is 0 Å². The SMILES string of the molecule is O=C(/C=C/Cl)c1ccco1. The number of allylic oxidation sites excluding steroid dienone is 1. The highest BCUT2D eigenvalue weighted by atomic mass is 35.5. The van der Waals surface area contributed by atoms with Gasteiger partial charge in [0.1, 0.15) is 0 Å². The van der Waals surface area contributed by atoms with Crippen molar-refractivity contribution in [2.24, 2.45) is 0 Å². The van der Waals surface area contributed by atoms with Crippen molar-refractivity contribution in [1.29, 1.82) is 0 Å². The first-order valence-corrected chi connectivity index (χ1v) is 3.13. The van der Waals surface area contributed by atoms with Gasteiger partial charge >= 0.3 is 0 Å². The summed E-state index contributed by atoms with van der Waals surface area (Å²) in [5, 5.41) is 0. The zero-order chi connectivity index (χ0) is 7.40. The number of carbonyl (C=O) groups is 1. The molecule has 0 atom stereocenters. The minimum absolute atomic E-state index is 0.222. The standard InChI is InChI=1S/C7H5ClO2/c8-4-3-6(9)7-2-1-5-10-7/h1-5H/b4-3+. The summed E-state index contributed by atoms with van der Waals surface area (Å²) in [6.45, 7) is 0. The first-order valence-electron chi connectivity index (χ1n) is 2.69. The molecule has 10 heavy (non-hydrogen) atoms. The zero-order valence-corrected chi connectivity index (χ0v) is 5.84. The van der Waals surface area contributed by atoms with Gasteiger partial charge in [-0.2, -0.15) is 0 Å². The number of rotatable bonds is 2. The van der Waals surface area contributed by atoms with Gasteiger partial charge < -0.3 is 4.42 Å². The number of hydrogen-bond donors (Lipinski definition) is 0. The normalized spacial score (nSPS) is 10.5. The van der Waals surface area contributed by atoms with E-state index in [2.05, 4.69) is 0 Å². The number of carbonyl (C=O) groups excluding carboxylic acids is 1. The van der Waals surface area contributed by atoms with E-state index in [1.807, 2.05) is 0 Å². The molecule has 1 aromatic heterocycles. The molecule has 0 radical (unpaired) electrons. The molecule has 0 fully saturated rings. The van der Waals surface area contributed by atoms with Crippen LogP contribution in [0.5, 0.6) is 0 Å². The summed E-state index contributed by atoms with van der Waals surface area (Å²) in [7, 11) is 0. The van der Waals surface area contributed by atoms with Crippen molar-refractivity contribution in [3.05, 3.63) is 35.8 Å². The Bertz CT molecular complexity index is 236. The molecule has 0 saturated carbocycles. The van der Waals surface area contributed by atoms with Gasteiger partial charge in [-0.25, -0.2) is 0 Å². The third-order valence-electron chi connectivity index (χ3n) is 0.978. The molecular formula is C7H5ClO2. The van der Waals surface area contributed by atoms with E-state index in [0.717, 1.165) is 5.54 Å². The van der Waals surface area contributed by atoms with Crippen LogP contribution in [0.1, 0.15) is 10.6 Å². The zero-order valence-electron chi connectivity index (χ0n) is 5.08. The Labute approximate surface area is 63.1 Å². The lowest BCUT2D eigenvalue weighted by molar-refractivity contribution is 0.102. The lowest BCUT2D eigenvalue weighted by Gasteiger charge is -1.83. The van der Waals surface area contributed by atoms with E-state index in [0.29, 0.717) is 5.76 Å². The number of ketones is 1. The van der Waals surface area contributed by atoms with Crippen LogP contribution in [-0.2, 0) is 0 Å². The van der Waals surface area contributed by atoms with Crippen LogP contribution in [0.4, 0.5) is 0 Å². The molecular weight excluding hydrogens is 152 g/mol. The summed E-state index contributed by atoms with van der Waals surface area (Å²) in [4.78, 5) is 10.8. The highest BCUT2D eigenvalue weighted by Gasteiger charge is 2.01. The smallest absolute Gasteiger partial charge is 0.221 e. The Hall–Kier alpha value is -1.02. The second-order valence-corrected chi connectivity index (χ2v) is 1.89. The van der Waals surface area contributed by atoms with Gasteiger partial charge in [-0.05, 0) is 12.1 Å². The van der Waals surface area contributed by atoms with Gasteiger partial charge in [0.2, 0.25) is 5.78 Å². The topological polar surface area (TPSA) is 30.2 Å². The second-order valence-electron chi connectivity index (χ2n) is 1.63. The van der Waals surface area contributed by atoms with Crippen LogP contribution in [0.3, 0.4) is 0 Å². The minimum atomic E-state index is -0.222. The summed E-state index contributed by atoms with van der Waals surface area (Å²) < 4.78 is 4.79. The monoisotopic (exact) mass is 156 g/mol. The Morgan fingerprint density at radius 1 is 1.70 bits per heavy atom. The van der Waals surface area contributed by atoms with Gasteiger partial charge in [-0.15, -0.1) is 0 Å². The lowest BCUT2D eigenvalue weighted by atomic mass is 10.3. The van der Waals surface area contributed by atoms with Crippen LogP contribution in [0.2, 0.25) is 0 Å². The Morgan fingerprint density at radius 3 is 3.00 bits per heavy atom. The van der Waals surface area contributed by atoms with E-state index in [1.54, 1.807) is 12.1 Å². The molecule has 52 valence electrons.